The van der Waals surface area contributed by atoms with Gasteiger partial charge in [0.2, 0.25) is 0 Å². The third kappa shape index (κ3) is 4.43. The number of urea groups is 1. The van der Waals surface area contributed by atoms with Crippen LogP contribution in [0, 0.1) is 0 Å². The number of hydrogen-bond acceptors (Lipinski definition) is 1. The number of nitrogens with one attached hydrogen (secondary N) is 1. The largest absolute Gasteiger partial charge is 0.322 e. The molecule has 96 valence electrons. The van der Waals surface area contributed by atoms with Gasteiger partial charge in [-0.25, -0.2) is 4.79 Å². The molecule has 0 atom stereocenters. The van der Waals surface area contributed by atoms with Crippen molar-refractivity contribution in [3.8, 4) is 0 Å². The minimum absolute atomic E-state index is 0.256. The van der Waals surface area contributed by atoms with E-state index in [1.54, 1.807) is 35.3 Å². The monoisotopic (exact) mass is 284 g/mol. The Morgan fingerprint density at radius 1 is 1.17 bits per heavy atom. The molecule has 18 heavy (non-hydrogen) atoms. The molecule has 0 unspecified atom stereocenters. The van der Waals surface area contributed by atoms with Gasteiger partial charge in [0.05, 0.1) is 0 Å². The summed E-state index contributed by atoms with van der Waals surface area (Å²) in [6, 6.07) is 4.61. The van der Waals surface area contributed by atoms with Crippen LogP contribution in [-0.4, -0.2) is 24.0 Å². The van der Waals surface area contributed by atoms with Crippen molar-refractivity contribution in [2.75, 3.05) is 18.4 Å². The minimum atomic E-state index is -0.256. The van der Waals surface area contributed by atoms with Gasteiger partial charge in [0.15, 0.2) is 0 Å². The maximum absolute atomic E-state index is 11.9. The van der Waals surface area contributed by atoms with E-state index in [1.165, 1.54) is 0 Å². The van der Waals surface area contributed by atoms with Crippen LogP contribution in [0.15, 0.2) is 43.5 Å². The molecule has 0 saturated carbocycles. The zero-order chi connectivity index (χ0) is 13.5. The summed E-state index contributed by atoms with van der Waals surface area (Å²) < 4.78 is 0. The van der Waals surface area contributed by atoms with Gasteiger partial charge in [-0.1, -0.05) is 35.4 Å². The lowest BCUT2D eigenvalue weighted by Gasteiger charge is -2.20. The molecule has 0 bridgehead atoms. The lowest BCUT2D eigenvalue weighted by atomic mass is 10.3. The average molecular weight is 285 g/mol. The lowest BCUT2D eigenvalue weighted by molar-refractivity contribution is 0.222. The van der Waals surface area contributed by atoms with E-state index in [0.29, 0.717) is 28.8 Å². The predicted octanol–water partition coefficient (Wildman–Crippen LogP) is 4.20. The summed E-state index contributed by atoms with van der Waals surface area (Å²) in [5.74, 6) is 0. The topological polar surface area (TPSA) is 32.3 Å². The van der Waals surface area contributed by atoms with Crippen LogP contribution in [0.4, 0.5) is 10.5 Å². The summed E-state index contributed by atoms with van der Waals surface area (Å²) in [4.78, 5) is 13.5. The molecule has 1 aromatic rings. The van der Waals surface area contributed by atoms with Crippen molar-refractivity contribution in [2.45, 2.75) is 0 Å². The number of nitrogens with zero attached hydrogens (tertiary/aromatic N) is 1. The van der Waals surface area contributed by atoms with E-state index in [-0.39, 0.29) is 6.03 Å². The van der Waals surface area contributed by atoms with Crippen molar-refractivity contribution in [3.63, 3.8) is 0 Å². The van der Waals surface area contributed by atoms with Crippen LogP contribution in [0.2, 0.25) is 10.0 Å². The standard InChI is InChI=1S/C13H14Cl2N2O/c1-3-5-17(6-4-2)13(18)16-12-8-10(14)7-11(15)9-12/h3-4,7-9H,1-2,5-6H2,(H,16,18). The first-order chi connectivity index (χ1) is 8.56. The van der Waals surface area contributed by atoms with Gasteiger partial charge in [0, 0.05) is 28.8 Å². The van der Waals surface area contributed by atoms with Crippen LogP contribution in [0.3, 0.4) is 0 Å². The van der Waals surface area contributed by atoms with E-state index in [0.717, 1.165) is 0 Å². The fourth-order valence-corrected chi connectivity index (χ4v) is 1.91. The number of benzene rings is 1. The predicted molar refractivity (Wildman–Crippen MR) is 77.4 cm³/mol. The molecule has 1 aromatic carbocycles. The van der Waals surface area contributed by atoms with Crippen molar-refractivity contribution in [2.24, 2.45) is 0 Å². The molecule has 2 amide bonds. The first-order valence-corrected chi connectivity index (χ1v) is 6.06. The zero-order valence-corrected chi connectivity index (χ0v) is 11.3. The Morgan fingerprint density at radius 3 is 2.11 bits per heavy atom. The number of rotatable bonds is 5. The molecule has 0 radical (unpaired) electrons. The van der Waals surface area contributed by atoms with Crippen LogP contribution >= 0.6 is 23.2 Å². The molecule has 1 N–H and O–H groups in total. The van der Waals surface area contributed by atoms with E-state index in [1.807, 2.05) is 0 Å². The maximum atomic E-state index is 11.9. The molecular formula is C13H14Cl2N2O. The van der Waals surface area contributed by atoms with Gasteiger partial charge in [-0.15, -0.1) is 13.2 Å². The van der Waals surface area contributed by atoms with Gasteiger partial charge >= 0.3 is 6.03 Å². The van der Waals surface area contributed by atoms with Crippen molar-refractivity contribution in [1.82, 2.24) is 4.90 Å². The van der Waals surface area contributed by atoms with Crippen molar-refractivity contribution >= 4 is 34.9 Å². The number of anilines is 1. The number of carbonyl (C=O) groups is 1. The molecule has 0 aliphatic carbocycles. The number of carbonyl (C=O) groups excluding carboxylic acids is 1. The fourth-order valence-electron chi connectivity index (χ4n) is 1.38. The molecule has 0 spiro atoms. The van der Waals surface area contributed by atoms with Gasteiger partial charge in [-0.05, 0) is 18.2 Å². The Balaban J connectivity index is 2.77. The normalized spacial score (nSPS) is 9.67. The number of amides is 2. The van der Waals surface area contributed by atoms with E-state index in [2.05, 4.69) is 18.5 Å². The van der Waals surface area contributed by atoms with Gasteiger partial charge in [-0.3, -0.25) is 0 Å². The third-order valence-corrected chi connectivity index (χ3v) is 2.54. The first kappa shape index (κ1) is 14.6. The van der Waals surface area contributed by atoms with Crippen LogP contribution in [0.5, 0.6) is 0 Å². The second-order valence-electron chi connectivity index (χ2n) is 3.57. The second kappa shape index (κ2) is 7.09. The second-order valence-corrected chi connectivity index (χ2v) is 4.44. The molecule has 0 aliphatic rings. The van der Waals surface area contributed by atoms with E-state index >= 15 is 0 Å². The molecule has 0 aromatic heterocycles. The third-order valence-electron chi connectivity index (χ3n) is 2.10. The van der Waals surface area contributed by atoms with Crippen LogP contribution < -0.4 is 5.32 Å². The van der Waals surface area contributed by atoms with Crippen molar-refractivity contribution in [3.05, 3.63) is 53.6 Å². The Hall–Kier alpha value is -1.45. The maximum Gasteiger partial charge on any atom is 0.322 e. The number of hydrogen-bond donors (Lipinski definition) is 1. The highest BCUT2D eigenvalue weighted by Crippen LogP contribution is 2.22. The molecule has 0 fully saturated rings. The summed E-state index contributed by atoms with van der Waals surface area (Å²) in [6.07, 6.45) is 3.29. The minimum Gasteiger partial charge on any atom is -0.317 e. The van der Waals surface area contributed by atoms with E-state index in [4.69, 9.17) is 23.2 Å². The summed E-state index contributed by atoms with van der Waals surface area (Å²) in [7, 11) is 0. The Labute approximate surface area is 117 Å². The van der Waals surface area contributed by atoms with Crippen LogP contribution in [0.25, 0.3) is 0 Å². The summed E-state index contributed by atoms with van der Waals surface area (Å²) in [6.45, 7) is 8.08. The van der Waals surface area contributed by atoms with Gasteiger partial charge in [0.1, 0.15) is 0 Å². The first-order valence-electron chi connectivity index (χ1n) is 5.30. The fraction of sp³-hybridized carbons (Fsp3) is 0.154. The van der Waals surface area contributed by atoms with Gasteiger partial charge in [0.25, 0.3) is 0 Å². The van der Waals surface area contributed by atoms with E-state index < -0.39 is 0 Å². The molecule has 0 saturated heterocycles. The molecule has 5 heteroatoms. The Bertz CT molecular complexity index is 430. The molecule has 3 nitrogen and oxygen atoms in total. The average Bonchev–Trinajstić information content (AvgIpc) is 2.27. The SMILES string of the molecule is C=CCN(CC=C)C(=O)Nc1cc(Cl)cc(Cl)c1. The Morgan fingerprint density at radius 2 is 1.67 bits per heavy atom. The number of halogens is 2. The highest BCUT2D eigenvalue weighted by Gasteiger charge is 2.11. The quantitative estimate of drug-likeness (QED) is 0.808. The summed E-state index contributed by atoms with van der Waals surface area (Å²) in [5, 5.41) is 3.65. The lowest BCUT2D eigenvalue weighted by Crippen LogP contribution is -2.35. The Kier molecular flexibility index (Phi) is 5.75. The summed E-state index contributed by atoms with van der Waals surface area (Å²) in [5.41, 5.74) is 0.552. The van der Waals surface area contributed by atoms with Gasteiger partial charge < -0.3 is 10.2 Å². The van der Waals surface area contributed by atoms with Gasteiger partial charge in [-0.2, -0.15) is 0 Å². The van der Waals surface area contributed by atoms with Crippen molar-refractivity contribution < 1.29 is 4.79 Å². The molecule has 1 rings (SSSR count). The zero-order valence-electron chi connectivity index (χ0n) is 9.83. The highest BCUT2D eigenvalue weighted by molar-refractivity contribution is 6.35. The summed E-state index contributed by atoms with van der Waals surface area (Å²) >= 11 is 11.7. The van der Waals surface area contributed by atoms with Crippen molar-refractivity contribution in [1.29, 1.82) is 0 Å². The highest BCUT2D eigenvalue weighted by atomic mass is 35.5. The molecular weight excluding hydrogens is 271 g/mol. The van der Waals surface area contributed by atoms with Crippen LogP contribution in [0.1, 0.15) is 0 Å². The smallest absolute Gasteiger partial charge is 0.317 e. The molecule has 0 heterocycles. The molecule has 0 aliphatic heterocycles. The van der Waals surface area contributed by atoms with E-state index in [9.17, 15) is 4.79 Å². The van der Waals surface area contributed by atoms with Crippen LogP contribution in [-0.2, 0) is 0 Å².